The van der Waals surface area contributed by atoms with Crippen LogP contribution in [0, 0.1) is 0 Å². The van der Waals surface area contributed by atoms with Gasteiger partial charge in [-0.1, -0.05) is 18.2 Å². The summed E-state index contributed by atoms with van der Waals surface area (Å²) >= 11 is 0. The van der Waals surface area contributed by atoms with E-state index < -0.39 is 0 Å². The summed E-state index contributed by atoms with van der Waals surface area (Å²) in [5, 5.41) is 10.8. The Kier molecular flexibility index (Phi) is 4.17. The molecule has 0 saturated carbocycles. The van der Waals surface area contributed by atoms with Crippen LogP contribution in [0.1, 0.15) is 32.4 Å². The fourth-order valence-electron chi connectivity index (χ4n) is 3.09. The first-order valence-corrected chi connectivity index (χ1v) is 7.84. The minimum atomic E-state index is -0.240. The van der Waals surface area contributed by atoms with E-state index in [4.69, 9.17) is 4.74 Å². The van der Waals surface area contributed by atoms with Crippen molar-refractivity contribution in [2.75, 3.05) is 6.61 Å². The maximum atomic E-state index is 12.3. The fourth-order valence-corrected chi connectivity index (χ4v) is 3.09. The number of fused-ring (bicyclic) bond motifs is 1. The summed E-state index contributed by atoms with van der Waals surface area (Å²) in [5.74, 6) is -0.0857. The molecular weight excluding hydrogens is 294 g/mol. The fraction of sp³-hybridized carbons (Fsp3) is 0.471. The van der Waals surface area contributed by atoms with Crippen molar-refractivity contribution in [1.29, 1.82) is 0 Å². The van der Waals surface area contributed by atoms with Crippen LogP contribution in [0.25, 0.3) is 10.8 Å². The molecule has 1 fully saturated rings. The number of rotatable bonds is 3. The number of carbonyl (C=O) groups excluding carboxylic acids is 1. The van der Waals surface area contributed by atoms with Crippen LogP contribution in [0.5, 0.6) is 0 Å². The van der Waals surface area contributed by atoms with E-state index in [1.165, 1.54) is 0 Å². The molecule has 1 aromatic heterocycles. The number of hydrogen-bond donors (Lipinski definition) is 2. The van der Waals surface area contributed by atoms with Crippen LogP contribution in [0.2, 0.25) is 0 Å². The molecular formula is C17H21N3O3. The van der Waals surface area contributed by atoms with Gasteiger partial charge in [-0.05, 0) is 32.8 Å². The van der Waals surface area contributed by atoms with Crippen molar-refractivity contribution < 1.29 is 9.53 Å². The molecule has 2 N–H and O–H groups in total. The van der Waals surface area contributed by atoms with Gasteiger partial charge in [0.15, 0.2) is 0 Å². The Balaban J connectivity index is 1.74. The highest BCUT2D eigenvalue weighted by Gasteiger charge is 2.29. The van der Waals surface area contributed by atoms with Gasteiger partial charge >= 0.3 is 0 Å². The minimum absolute atomic E-state index is 0.0857. The average Bonchev–Trinajstić information content (AvgIpc) is 2.49. The largest absolute Gasteiger partial charge is 0.375 e. The molecule has 2 aromatic rings. The Morgan fingerprint density at radius 1 is 1.39 bits per heavy atom. The van der Waals surface area contributed by atoms with E-state index in [0.29, 0.717) is 17.7 Å². The van der Waals surface area contributed by atoms with Crippen LogP contribution < -0.4 is 10.9 Å². The van der Waals surface area contributed by atoms with Gasteiger partial charge in [-0.3, -0.25) is 9.59 Å². The average molecular weight is 315 g/mol. The van der Waals surface area contributed by atoms with E-state index >= 15 is 0 Å². The van der Waals surface area contributed by atoms with Gasteiger partial charge in [0.05, 0.1) is 23.1 Å². The van der Waals surface area contributed by atoms with Crippen molar-refractivity contribution >= 4 is 16.7 Å². The van der Waals surface area contributed by atoms with Gasteiger partial charge in [0.25, 0.3) is 5.56 Å². The van der Waals surface area contributed by atoms with Crippen molar-refractivity contribution in [2.24, 2.45) is 0 Å². The molecule has 1 atom stereocenters. The van der Waals surface area contributed by atoms with E-state index in [2.05, 4.69) is 15.5 Å². The summed E-state index contributed by atoms with van der Waals surface area (Å²) in [5.41, 5.74) is 0.138. The summed E-state index contributed by atoms with van der Waals surface area (Å²) in [7, 11) is 0. The second kappa shape index (κ2) is 6.12. The van der Waals surface area contributed by atoms with Crippen molar-refractivity contribution in [1.82, 2.24) is 15.5 Å². The Bertz CT molecular complexity index is 782. The van der Waals surface area contributed by atoms with Gasteiger partial charge in [-0.2, -0.15) is 5.10 Å². The van der Waals surface area contributed by atoms with Crippen molar-refractivity contribution in [3.63, 3.8) is 0 Å². The van der Waals surface area contributed by atoms with Crippen LogP contribution in [0.15, 0.2) is 29.1 Å². The van der Waals surface area contributed by atoms with E-state index in [9.17, 15) is 9.59 Å². The highest BCUT2D eigenvalue weighted by Crippen LogP contribution is 2.24. The van der Waals surface area contributed by atoms with Gasteiger partial charge in [0, 0.05) is 18.0 Å². The molecule has 2 heterocycles. The molecule has 0 bridgehead atoms. The maximum absolute atomic E-state index is 12.3. The molecule has 1 aromatic carbocycles. The zero-order chi connectivity index (χ0) is 16.4. The third-order valence-electron chi connectivity index (χ3n) is 4.17. The van der Waals surface area contributed by atoms with Gasteiger partial charge in [0.2, 0.25) is 5.91 Å². The second-order valence-corrected chi connectivity index (χ2v) is 6.59. The van der Waals surface area contributed by atoms with Gasteiger partial charge < -0.3 is 10.1 Å². The quantitative estimate of drug-likeness (QED) is 0.900. The topological polar surface area (TPSA) is 84.1 Å². The standard InChI is InChI=1S/C17H21N3O3/c1-17(2)10-11(7-8-23-17)18-15(21)9-14-12-5-3-4-6-13(12)16(22)20-19-14/h3-6,11H,7-10H2,1-2H3,(H,18,21)(H,20,22)/t11-/m0/s1. The molecule has 3 rings (SSSR count). The number of nitrogens with one attached hydrogen (secondary N) is 2. The zero-order valence-corrected chi connectivity index (χ0v) is 13.4. The van der Waals surface area contributed by atoms with Crippen molar-refractivity contribution in [2.45, 2.75) is 44.8 Å². The lowest BCUT2D eigenvalue weighted by molar-refractivity contribution is -0.123. The van der Waals surface area contributed by atoms with Gasteiger partial charge in [-0.15, -0.1) is 0 Å². The summed E-state index contributed by atoms with van der Waals surface area (Å²) in [6, 6.07) is 7.30. The number of ether oxygens (including phenoxy) is 1. The van der Waals surface area contributed by atoms with E-state index in [1.807, 2.05) is 26.0 Å². The lowest BCUT2D eigenvalue weighted by Crippen LogP contribution is -2.46. The summed E-state index contributed by atoms with van der Waals surface area (Å²) in [6.45, 7) is 4.71. The van der Waals surface area contributed by atoms with Crippen LogP contribution in [-0.2, 0) is 16.0 Å². The number of hydrogen-bond acceptors (Lipinski definition) is 4. The smallest absolute Gasteiger partial charge is 0.272 e. The Morgan fingerprint density at radius 2 is 2.13 bits per heavy atom. The highest BCUT2D eigenvalue weighted by molar-refractivity contribution is 5.88. The third kappa shape index (κ3) is 3.59. The maximum Gasteiger partial charge on any atom is 0.272 e. The van der Waals surface area contributed by atoms with Crippen LogP contribution in [0.3, 0.4) is 0 Å². The first kappa shape index (κ1) is 15.7. The molecule has 0 radical (unpaired) electrons. The van der Waals surface area contributed by atoms with Gasteiger partial charge in [-0.25, -0.2) is 5.10 Å². The second-order valence-electron chi connectivity index (χ2n) is 6.59. The first-order chi connectivity index (χ1) is 10.9. The molecule has 0 unspecified atom stereocenters. The van der Waals surface area contributed by atoms with Crippen molar-refractivity contribution in [3.05, 3.63) is 40.3 Å². The number of aromatic amines is 1. The predicted octanol–water partition coefficient (Wildman–Crippen LogP) is 1.54. The molecule has 23 heavy (non-hydrogen) atoms. The molecule has 6 heteroatoms. The number of H-pyrrole nitrogens is 1. The molecule has 6 nitrogen and oxygen atoms in total. The summed E-state index contributed by atoms with van der Waals surface area (Å²) in [6.07, 6.45) is 1.75. The number of amides is 1. The third-order valence-corrected chi connectivity index (χ3v) is 4.17. The number of benzene rings is 1. The molecule has 1 amide bonds. The Labute approximate surface area is 134 Å². The predicted molar refractivity (Wildman–Crippen MR) is 87.3 cm³/mol. The minimum Gasteiger partial charge on any atom is -0.375 e. The van der Waals surface area contributed by atoms with Gasteiger partial charge in [0.1, 0.15) is 0 Å². The first-order valence-electron chi connectivity index (χ1n) is 7.84. The molecule has 1 aliphatic rings. The Hall–Kier alpha value is -2.21. The lowest BCUT2D eigenvalue weighted by Gasteiger charge is -2.35. The van der Waals surface area contributed by atoms with Crippen molar-refractivity contribution in [3.8, 4) is 0 Å². The number of nitrogens with zero attached hydrogens (tertiary/aromatic N) is 1. The zero-order valence-electron chi connectivity index (χ0n) is 13.4. The molecule has 1 saturated heterocycles. The van der Waals surface area contributed by atoms with Crippen LogP contribution in [0.4, 0.5) is 0 Å². The highest BCUT2D eigenvalue weighted by atomic mass is 16.5. The van der Waals surface area contributed by atoms with Crippen LogP contribution >= 0.6 is 0 Å². The van der Waals surface area contributed by atoms with E-state index in [1.54, 1.807) is 12.1 Å². The molecule has 0 spiro atoms. The number of aromatic nitrogens is 2. The lowest BCUT2D eigenvalue weighted by atomic mass is 9.94. The molecule has 0 aliphatic carbocycles. The van der Waals surface area contributed by atoms with Crippen LogP contribution in [-0.4, -0.2) is 34.4 Å². The van der Waals surface area contributed by atoms with E-state index in [0.717, 1.165) is 18.2 Å². The molecule has 122 valence electrons. The number of carbonyl (C=O) groups is 1. The SMILES string of the molecule is CC1(C)C[C@@H](NC(=O)Cc2n[nH]c(=O)c3ccccc23)CCO1. The van der Waals surface area contributed by atoms with E-state index in [-0.39, 0.29) is 29.5 Å². The molecule has 1 aliphatic heterocycles. The Morgan fingerprint density at radius 3 is 2.87 bits per heavy atom. The summed E-state index contributed by atoms with van der Waals surface area (Å²) < 4.78 is 5.66. The normalized spacial score (nSPS) is 20.3. The monoisotopic (exact) mass is 315 g/mol. The summed E-state index contributed by atoms with van der Waals surface area (Å²) in [4.78, 5) is 24.1.